The van der Waals surface area contributed by atoms with E-state index < -0.39 is 0 Å². The Morgan fingerprint density at radius 3 is 2.35 bits per heavy atom. The van der Waals surface area contributed by atoms with Gasteiger partial charge in [0, 0.05) is 12.4 Å². The molecule has 2 aromatic carbocycles. The van der Waals surface area contributed by atoms with Crippen molar-refractivity contribution in [3.8, 4) is 5.75 Å². The summed E-state index contributed by atoms with van der Waals surface area (Å²) in [4.78, 5) is 16.5. The Morgan fingerprint density at radius 1 is 0.962 bits per heavy atom. The van der Waals surface area contributed by atoms with Crippen molar-refractivity contribution in [2.75, 3.05) is 6.61 Å². The molecule has 4 nitrogen and oxygen atoms in total. The van der Waals surface area contributed by atoms with Gasteiger partial charge in [0.2, 0.25) is 0 Å². The van der Waals surface area contributed by atoms with Crippen LogP contribution >= 0.6 is 0 Å². The van der Waals surface area contributed by atoms with Gasteiger partial charge in [0.25, 0.3) is 5.91 Å². The summed E-state index contributed by atoms with van der Waals surface area (Å²) in [5.41, 5.74) is 4.33. The first-order valence-electron chi connectivity index (χ1n) is 8.58. The first kappa shape index (κ1) is 17.7. The summed E-state index contributed by atoms with van der Waals surface area (Å²) in [6.45, 7) is 4.04. The predicted molar refractivity (Wildman–Crippen MR) is 102 cm³/mol. The number of hydrogen-bond donors (Lipinski definition) is 1. The van der Waals surface area contributed by atoms with Gasteiger partial charge in [-0.2, -0.15) is 0 Å². The molecule has 132 valence electrons. The van der Waals surface area contributed by atoms with E-state index in [0.29, 0.717) is 5.75 Å². The lowest BCUT2D eigenvalue weighted by atomic mass is 10.00. The molecule has 0 radical (unpaired) electrons. The van der Waals surface area contributed by atoms with Gasteiger partial charge in [-0.05, 0) is 60.4 Å². The highest BCUT2D eigenvalue weighted by atomic mass is 16.5. The summed E-state index contributed by atoms with van der Waals surface area (Å²) >= 11 is 0. The molecule has 0 aliphatic carbocycles. The summed E-state index contributed by atoms with van der Waals surface area (Å²) in [5, 5.41) is 3.05. The van der Waals surface area contributed by atoms with E-state index in [1.165, 1.54) is 5.56 Å². The maximum atomic E-state index is 12.5. The molecule has 1 atom stereocenters. The number of aromatic nitrogens is 1. The van der Waals surface area contributed by atoms with Crippen LogP contribution < -0.4 is 10.1 Å². The number of rotatable bonds is 6. The molecule has 1 amide bonds. The van der Waals surface area contributed by atoms with Gasteiger partial charge in [0.1, 0.15) is 5.75 Å². The Bertz CT molecular complexity index is 824. The minimum atomic E-state index is -0.241. The first-order chi connectivity index (χ1) is 12.6. The van der Waals surface area contributed by atoms with E-state index in [4.69, 9.17) is 4.74 Å². The van der Waals surface area contributed by atoms with E-state index in [1.807, 2.05) is 74.5 Å². The molecule has 0 unspecified atom stereocenters. The Balaban J connectivity index is 1.70. The molecule has 3 rings (SSSR count). The van der Waals surface area contributed by atoms with E-state index in [1.54, 1.807) is 12.4 Å². The third-order valence-corrected chi connectivity index (χ3v) is 4.33. The number of hydrogen-bond acceptors (Lipinski definition) is 3. The monoisotopic (exact) mass is 346 g/mol. The van der Waals surface area contributed by atoms with E-state index in [-0.39, 0.29) is 18.6 Å². The maximum Gasteiger partial charge on any atom is 0.258 e. The fraction of sp³-hybridized carbons (Fsp3) is 0.182. The zero-order valence-electron chi connectivity index (χ0n) is 15.0. The smallest absolute Gasteiger partial charge is 0.258 e. The highest BCUT2D eigenvalue weighted by Crippen LogP contribution is 2.21. The largest absolute Gasteiger partial charge is 0.484 e. The first-order valence-corrected chi connectivity index (χ1v) is 8.58. The zero-order valence-corrected chi connectivity index (χ0v) is 15.0. The zero-order chi connectivity index (χ0) is 18.4. The quantitative estimate of drug-likeness (QED) is 0.734. The molecule has 4 heteroatoms. The summed E-state index contributed by atoms with van der Waals surface area (Å²) in [5.74, 6) is 0.525. The number of nitrogens with one attached hydrogen (secondary N) is 1. The molecule has 0 fully saturated rings. The average Bonchev–Trinajstić information content (AvgIpc) is 2.68. The molecule has 0 saturated carbocycles. The van der Waals surface area contributed by atoms with Crippen LogP contribution in [0, 0.1) is 13.8 Å². The number of pyridine rings is 1. The van der Waals surface area contributed by atoms with Gasteiger partial charge in [-0.25, -0.2) is 0 Å². The molecule has 0 aliphatic rings. The van der Waals surface area contributed by atoms with Crippen LogP contribution in [0.5, 0.6) is 5.75 Å². The molecular weight excluding hydrogens is 324 g/mol. The van der Waals surface area contributed by atoms with E-state index >= 15 is 0 Å². The van der Waals surface area contributed by atoms with Gasteiger partial charge in [0.05, 0.1) is 6.04 Å². The lowest BCUT2D eigenvalue weighted by Gasteiger charge is -2.20. The molecular formula is C22H22N2O2. The summed E-state index contributed by atoms with van der Waals surface area (Å²) < 4.78 is 5.65. The molecule has 0 bridgehead atoms. The molecule has 0 saturated heterocycles. The molecule has 1 aromatic heterocycles. The summed E-state index contributed by atoms with van der Waals surface area (Å²) in [7, 11) is 0. The Labute approximate surface area is 153 Å². The van der Waals surface area contributed by atoms with Crippen LogP contribution in [0.15, 0.2) is 73.1 Å². The van der Waals surface area contributed by atoms with Crippen molar-refractivity contribution >= 4 is 5.91 Å². The molecule has 1 heterocycles. The van der Waals surface area contributed by atoms with Gasteiger partial charge in [-0.1, -0.05) is 36.4 Å². The molecule has 3 aromatic rings. The number of nitrogens with zero attached hydrogens (tertiary/aromatic N) is 1. The summed E-state index contributed by atoms with van der Waals surface area (Å²) in [6.07, 6.45) is 3.45. The SMILES string of the molecule is Cc1ccc(OCC(=O)N[C@H](c2ccccc2)c2ccncc2)cc1C. The van der Waals surface area contributed by atoms with E-state index in [9.17, 15) is 4.79 Å². The van der Waals surface area contributed by atoms with Gasteiger partial charge in [-0.3, -0.25) is 9.78 Å². The number of benzene rings is 2. The van der Waals surface area contributed by atoms with Crippen molar-refractivity contribution in [1.82, 2.24) is 10.3 Å². The van der Waals surface area contributed by atoms with Gasteiger partial charge >= 0.3 is 0 Å². The lowest BCUT2D eigenvalue weighted by molar-refractivity contribution is -0.123. The van der Waals surface area contributed by atoms with Crippen LogP contribution in [0.2, 0.25) is 0 Å². The van der Waals surface area contributed by atoms with Crippen molar-refractivity contribution < 1.29 is 9.53 Å². The number of amides is 1. The van der Waals surface area contributed by atoms with Crippen LogP contribution in [0.4, 0.5) is 0 Å². The Hall–Kier alpha value is -3.14. The average molecular weight is 346 g/mol. The fourth-order valence-electron chi connectivity index (χ4n) is 2.72. The van der Waals surface area contributed by atoms with Crippen molar-refractivity contribution in [2.45, 2.75) is 19.9 Å². The van der Waals surface area contributed by atoms with Crippen molar-refractivity contribution in [1.29, 1.82) is 0 Å². The minimum absolute atomic E-state index is 0.0308. The highest BCUT2D eigenvalue weighted by molar-refractivity contribution is 5.78. The van der Waals surface area contributed by atoms with Crippen LogP contribution in [-0.2, 0) is 4.79 Å². The third kappa shape index (κ3) is 4.48. The van der Waals surface area contributed by atoms with Crippen LogP contribution in [0.3, 0.4) is 0 Å². The lowest BCUT2D eigenvalue weighted by Crippen LogP contribution is -2.33. The Morgan fingerprint density at radius 2 is 1.65 bits per heavy atom. The molecule has 26 heavy (non-hydrogen) atoms. The Kier molecular flexibility index (Phi) is 5.64. The van der Waals surface area contributed by atoms with Gasteiger partial charge < -0.3 is 10.1 Å². The van der Waals surface area contributed by atoms with E-state index in [0.717, 1.165) is 16.7 Å². The van der Waals surface area contributed by atoms with Gasteiger partial charge in [0.15, 0.2) is 6.61 Å². The minimum Gasteiger partial charge on any atom is -0.484 e. The topological polar surface area (TPSA) is 51.2 Å². The third-order valence-electron chi connectivity index (χ3n) is 4.33. The number of aryl methyl sites for hydroxylation is 2. The number of ether oxygens (including phenoxy) is 1. The number of carbonyl (C=O) groups is 1. The summed E-state index contributed by atoms with van der Waals surface area (Å²) in [6, 6.07) is 19.3. The van der Waals surface area contributed by atoms with Crippen LogP contribution in [0.25, 0.3) is 0 Å². The molecule has 1 N–H and O–H groups in total. The second-order valence-electron chi connectivity index (χ2n) is 6.23. The van der Waals surface area contributed by atoms with Crippen LogP contribution in [-0.4, -0.2) is 17.5 Å². The predicted octanol–water partition coefficient (Wildman–Crippen LogP) is 3.98. The highest BCUT2D eigenvalue weighted by Gasteiger charge is 2.17. The second kappa shape index (κ2) is 8.30. The van der Waals surface area contributed by atoms with Crippen molar-refractivity contribution in [2.24, 2.45) is 0 Å². The maximum absolute atomic E-state index is 12.5. The standard InChI is InChI=1S/C22H22N2O2/c1-16-8-9-20(14-17(16)2)26-15-21(25)24-22(18-6-4-3-5-7-18)19-10-12-23-13-11-19/h3-14,22H,15H2,1-2H3,(H,24,25)/t22-/m1/s1. The number of carbonyl (C=O) groups excluding carboxylic acids is 1. The van der Waals surface area contributed by atoms with Crippen LogP contribution in [0.1, 0.15) is 28.3 Å². The van der Waals surface area contributed by atoms with Gasteiger partial charge in [-0.15, -0.1) is 0 Å². The van der Waals surface area contributed by atoms with Crippen molar-refractivity contribution in [3.05, 3.63) is 95.3 Å². The molecule has 0 aliphatic heterocycles. The second-order valence-corrected chi connectivity index (χ2v) is 6.23. The van der Waals surface area contributed by atoms with E-state index in [2.05, 4.69) is 10.3 Å². The normalized spacial score (nSPS) is 11.6. The molecule has 0 spiro atoms. The van der Waals surface area contributed by atoms with Crippen molar-refractivity contribution in [3.63, 3.8) is 0 Å². The fourth-order valence-corrected chi connectivity index (χ4v) is 2.72.